The molecule has 1 aliphatic carbocycles. The van der Waals surface area contributed by atoms with E-state index >= 15 is 0 Å². The molecular formula is C29H21N3O4S. The molecule has 8 heteroatoms. The first kappa shape index (κ1) is 23.0. The molecule has 0 radical (unpaired) electrons. The van der Waals surface area contributed by atoms with E-state index in [1.54, 1.807) is 12.1 Å². The van der Waals surface area contributed by atoms with Gasteiger partial charge in [0.1, 0.15) is 16.6 Å². The predicted octanol–water partition coefficient (Wildman–Crippen LogP) is 6.26. The number of ether oxygens (including phenoxy) is 1. The Labute approximate surface area is 216 Å². The molecule has 2 aromatic heterocycles. The quantitative estimate of drug-likeness (QED) is 0.282. The van der Waals surface area contributed by atoms with Crippen molar-refractivity contribution in [1.82, 2.24) is 4.98 Å². The van der Waals surface area contributed by atoms with Gasteiger partial charge in [-0.15, -0.1) is 11.3 Å². The van der Waals surface area contributed by atoms with Gasteiger partial charge in [0.25, 0.3) is 5.91 Å². The van der Waals surface area contributed by atoms with Crippen LogP contribution in [-0.4, -0.2) is 23.5 Å². The topological polar surface area (TPSA) is 105 Å². The van der Waals surface area contributed by atoms with E-state index in [-0.39, 0.29) is 0 Å². The lowest BCUT2D eigenvalue weighted by Crippen LogP contribution is -2.21. The Hall–Kier alpha value is -4.48. The Kier molecular flexibility index (Phi) is 5.91. The molecule has 0 aliphatic heterocycles. The molecule has 182 valence electrons. The molecule has 0 atom stereocenters. The second kappa shape index (κ2) is 9.52. The Balaban J connectivity index is 1.25. The minimum atomic E-state index is -0.629. The third kappa shape index (κ3) is 4.24. The SMILES string of the molecule is N#Cc1c(NC(=O)COC(=O)c2cccc3cccc(-c4nc5ccccc5o4)c23)sc2c1CCCC2. The number of aromatic nitrogens is 1. The molecule has 0 saturated carbocycles. The Bertz CT molecular complexity index is 1690. The van der Waals surface area contributed by atoms with Crippen molar-refractivity contribution in [1.29, 1.82) is 5.26 Å². The van der Waals surface area contributed by atoms with Crippen LogP contribution in [0.3, 0.4) is 0 Å². The van der Waals surface area contributed by atoms with Crippen LogP contribution in [0.4, 0.5) is 5.00 Å². The Morgan fingerprint density at radius 1 is 1.05 bits per heavy atom. The summed E-state index contributed by atoms with van der Waals surface area (Å²) in [6, 6.07) is 20.6. The average molecular weight is 508 g/mol. The van der Waals surface area contributed by atoms with E-state index in [4.69, 9.17) is 9.15 Å². The molecule has 2 heterocycles. The van der Waals surface area contributed by atoms with E-state index < -0.39 is 18.5 Å². The zero-order chi connectivity index (χ0) is 25.4. The maximum atomic E-state index is 13.2. The number of esters is 1. The summed E-state index contributed by atoms with van der Waals surface area (Å²) in [6.45, 7) is -0.465. The zero-order valence-corrected chi connectivity index (χ0v) is 20.6. The van der Waals surface area contributed by atoms with Gasteiger partial charge in [0, 0.05) is 15.8 Å². The van der Waals surface area contributed by atoms with Crippen molar-refractivity contribution < 1.29 is 18.7 Å². The highest BCUT2D eigenvalue weighted by Crippen LogP contribution is 2.38. The number of aryl methyl sites for hydroxylation is 1. The number of anilines is 1. The number of hydrogen-bond donors (Lipinski definition) is 1. The van der Waals surface area contributed by atoms with Gasteiger partial charge in [-0.3, -0.25) is 4.79 Å². The van der Waals surface area contributed by atoms with Gasteiger partial charge in [-0.2, -0.15) is 5.26 Å². The Morgan fingerprint density at radius 3 is 2.70 bits per heavy atom. The first-order valence-electron chi connectivity index (χ1n) is 12.0. The molecule has 7 nitrogen and oxygen atoms in total. The van der Waals surface area contributed by atoms with Gasteiger partial charge in [0.2, 0.25) is 5.89 Å². The number of amides is 1. The summed E-state index contributed by atoms with van der Waals surface area (Å²) in [5.41, 5.74) is 3.90. The summed E-state index contributed by atoms with van der Waals surface area (Å²) in [5.74, 6) is -0.714. The van der Waals surface area contributed by atoms with Crippen LogP contribution in [0.5, 0.6) is 0 Å². The van der Waals surface area contributed by atoms with Gasteiger partial charge < -0.3 is 14.5 Å². The molecule has 0 unspecified atom stereocenters. The number of thiophene rings is 1. The summed E-state index contributed by atoms with van der Waals surface area (Å²) >= 11 is 1.44. The van der Waals surface area contributed by atoms with Gasteiger partial charge in [0.15, 0.2) is 12.2 Å². The predicted molar refractivity (Wildman–Crippen MR) is 142 cm³/mol. The van der Waals surface area contributed by atoms with Crippen LogP contribution in [0.2, 0.25) is 0 Å². The number of rotatable bonds is 5. The number of para-hydroxylation sites is 2. The fourth-order valence-corrected chi connectivity index (χ4v) is 6.08. The Morgan fingerprint density at radius 2 is 1.86 bits per heavy atom. The number of nitrogens with one attached hydrogen (secondary N) is 1. The van der Waals surface area contributed by atoms with Crippen molar-refractivity contribution in [3.63, 3.8) is 0 Å². The number of nitrogens with zero attached hydrogens (tertiary/aromatic N) is 2. The fraction of sp³-hybridized carbons (Fsp3) is 0.172. The standard InChI is InChI=1S/C29H21N3O4S/c30-15-21-18-9-1-4-14-24(18)37-28(21)32-25(33)16-35-29(34)20-11-6-8-17-7-5-10-19(26(17)20)27-31-22-12-2-3-13-23(22)36-27/h2-3,5-8,10-13H,1,4,9,14,16H2,(H,32,33). The minimum absolute atomic E-state index is 0.312. The number of fused-ring (bicyclic) bond motifs is 3. The summed E-state index contributed by atoms with van der Waals surface area (Å²) in [6.07, 6.45) is 3.89. The second-order valence-electron chi connectivity index (χ2n) is 8.85. The normalized spacial score (nSPS) is 12.7. The monoisotopic (exact) mass is 507 g/mol. The van der Waals surface area contributed by atoms with Crippen molar-refractivity contribution in [3.8, 4) is 17.5 Å². The summed E-state index contributed by atoms with van der Waals surface area (Å²) in [4.78, 5) is 31.6. The van der Waals surface area contributed by atoms with Gasteiger partial charge >= 0.3 is 5.97 Å². The van der Waals surface area contributed by atoms with Crippen LogP contribution in [-0.2, 0) is 22.4 Å². The van der Waals surface area contributed by atoms with E-state index in [1.165, 1.54) is 11.3 Å². The molecule has 6 rings (SSSR count). The highest BCUT2D eigenvalue weighted by molar-refractivity contribution is 7.16. The maximum absolute atomic E-state index is 13.2. The molecule has 37 heavy (non-hydrogen) atoms. The largest absolute Gasteiger partial charge is 0.452 e. The number of carbonyl (C=O) groups excluding carboxylic acids is 2. The summed E-state index contributed by atoms with van der Waals surface area (Å²) in [5, 5.41) is 14.4. The van der Waals surface area contributed by atoms with E-state index in [0.717, 1.165) is 47.0 Å². The van der Waals surface area contributed by atoms with Gasteiger partial charge in [-0.05, 0) is 60.9 Å². The molecule has 1 amide bonds. The average Bonchev–Trinajstić information content (AvgIpc) is 3.51. The molecular weight excluding hydrogens is 486 g/mol. The number of benzene rings is 3. The summed E-state index contributed by atoms with van der Waals surface area (Å²) < 4.78 is 11.4. The number of oxazole rings is 1. The lowest BCUT2D eigenvalue weighted by molar-refractivity contribution is -0.119. The molecule has 0 spiro atoms. The molecule has 0 bridgehead atoms. The molecule has 3 aromatic carbocycles. The first-order valence-corrected chi connectivity index (χ1v) is 12.8. The zero-order valence-electron chi connectivity index (χ0n) is 19.7. The van der Waals surface area contributed by atoms with Crippen molar-refractivity contribution >= 4 is 50.1 Å². The van der Waals surface area contributed by atoms with Crippen LogP contribution < -0.4 is 5.32 Å². The number of carbonyl (C=O) groups is 2. The number of nitriles is 1. The third-order valence-corrected chi connectivity index (χ3v) is 7.73. The van der Waals surface area contributed by atoms with E-state index in [0.29, 0.717) is 38.6 Å². The minimum Gasteiger partial charge on any atom is -0.452 e. The molecule has 5 aromatic rings. The van der Waals surface area contributed by atoms with Crippen molar-refractivity contribution in [3.05, 3.63) is 82.2 Å². The van der Waals surface area contributed by atoms with Crippen molar-refractivity contribution in [2.24, 2.45) is 0 Å². The first-order chi connectivity index (χ1) is 18.1. The van der Waals surface area contributed by atoms with Crippen LogP contribution >= 0.6 is 11.3 Å². The van der Waals surface area contributed by atoms with Crippen LogP contribution in [0.1, 0.15) is 39.2 Å². The lowest BCUT2D eigenvalue weighted by Gasteiger charge is -2.10. The molecule has 1 N–H and O–H groups in total. The second-order valence-corrected chi connectivity index (χ2v) is 9.95. The van der Waals surface area contributed by atoms with E-state index in [2.05, 4.69) is 16.4 Å². The van der Waals surface area contributed by atoms with Gasteiger partial charge in [-0.25, -0.2) is 9.78 Å². The van der Waals surface area contributed by atoms with E-state index in [9.17, 15) is 14.9 Å². The van der Waals surface area contributed by atoms with Gasteiger partial charge in [0.05, 0.1) is 11.1 Å². The molecule has 1 aliphatic rings. The van der Waals surface area contributed by atoms with Crippen molar-refractivity contribution in [2.45, 2.75) is 25.7 Å². The third-order valence-electron chi connectivity index (χ3n) is 6.52. The molecule has 0 fully saturated rings. The highest BCUT2D eigenvalue weighted by atomic mass is 32.1. The van der Waals surface area contributed by atoms with Crippen LogP contribution in [0.15, 0.2) is 65.1 Å². The van der Waals surface area contributed by atoms with Gasteiger partial charge in [-0.1, -0.05) is 36.4 Å². The smallest absolute Gasteiger partial charge is 0.339 e. The van der Waals surface area contributed by atoms with Crippen molar-refractivity contribution in [2.75, 3.05) is 11.9 Å². The molecule has 0 saturated heterocycles. The fourth-order valence-electron chi connectivity index (χ4n) is 4.82. The summed E-state index contributed by atoms with van der Waals surface area (Å²) in [7, 11) is 0. The van der Waals surface area contributed by atoms with E-state index in [1.807, 2.05) is 48.5 Å². The highest BCUT2D eigenvalue weighted by Gasteiger charge is 2.23. The van der Waals surface area contributed by atoms with Crippen LogP contribution in [0, 0.1) is 11.3 Å². The number of hydrogen-bond acceptors (Lipinski definition) is 7. The van der Waals surface area contributed by atoms with Crippen LogP contribution in [0.25, 0.3) is 33.3 Å². The maximum Gasteiger partial charge on any atom is 0.339 e. The lowest BCUT2D eigenvalue weighted by atomic mass is 9.96.